The summed E-state index contributed by atoms with van der Waals surface area (Å²) in [4.78, 5) is 25.2. The monoisotopic (exact) mass is 405 g/mol. The quantitative estimate of drug-likeness (QED) is 0.671. The molecule has 0 saturated carbocycles. The summed E-state index contributed by atoms with van der Waals surface area (Å²) in [6.45, 7) is 11.6. The average molecular weight is 406 g/mol. The highest BCUT2D eigenvalue weighted by Crippen LogP contribution is 2.23. The van der Waals surface area contributed by atoms with E-state index >= 15 is 0 Å². The first-order valence-electron chi connectivity index (χ1n) is 9.82. The third-order valence-electron chi connectivity index (χ3n) is 5.06. The van der Waals surface area contributed by atoms with E-state index in [0.717, 1.165) is 39.2 Å². The molecule has 1 heterocycles. The topological polar surface area (TPSA) is 88.9 Å². The van der Waals surface area contributed by atoms with Crippen LogP contribution in [0.4, 0.5) is 11.4 Å². The molecule has 156 valence electrons. The fraction of sp³-hybridized carbons (Fsp3) is 0.304. The van der Waals surface area contributed by atoms with Crippen molar-refractivity contribution in [3.05, 3.63) is 69.5 Å². The van der Waals surface area contributed by atoms with Crippen molar-refractivity contribution in [1.82, 2.24) is 15.0 Å². The molecule has 0 unspecified atom stereocenters. The van der Waals surface area contributed by atoms with E-state index < -0.39 is 0 Å². The number of aryl methyl sites for hydroxylation is 5. The Balaban J connectivity index is 1.72. The van der Waals surface area contributed by atoms with E-state index in [-0.39, 0.29) is 24.1 Å². The third-order valence-corrected chi connectivity index (χ3v) is 5.06. The van der Waals surface area contributed by atoms with Gasteiger partial charge in [0, 0.05) is 11.4 Å². The SMILES string of the molecule is Cc1ccc(NC(=O)Cn2nnc(C(=O)Nc3c(C)cc(C)cc3C)c2C)c(C)c1. The Morgan fingerprint density at radius 2 is 1.50 bits per heavy atom. The number of hydrogen-bond acceptors (Lipinski definition) is 4. The van der Waals surface area contributed by atoms with E-state index in [1.807, 2.05) is 65.0 Å². The van der Waals surface area contributed by atoms with Gasteiger partial charge in [-0.3, -0.25) is 9.59 Å². The van der Waals surface area contributed by atoms with Gasteiger partial charge in [-0.15, -0.1) is 5.10 Å². The zero-order valence-electron chi connectivity index (χ0n) is 18.3. The molecule has 0 fully saturated rings. The average Bonchev–Trinajstić information content (AvgIpc) is 3.01. The van der Waals surface area contributed by atoms with E-state index in [0.29, 0.717) is 5.69 Å². The fourth-order valence-electron chi connectivity index (χ4n) is 3.55. The second-order valence-corrected chi connectivity index (χ2v) is 7.78. The zero-order chi connectivity index (χ0) is 22.0. The van der Waals surface area contributed by atoms with Gasteiger partial charge in [0.1, 0.15) is 6.54 Å². The van der Waals surface area contributed by atoms with Gasteiger partial charge >= 0.3 is 0 Å². The van der Waals surface area contributed by atoms with Crippen molar-refractivity contribution in [3.8, 4) is 0 Å². The van der Waals surface area contributed by atoms with Crippen LogP contribution < -0.4 is 10.6 Å². The Bertz CT molecular complexity index is 1110. The molecular formula is C23H27N5O2. The van der Waals surface area contributed by atoms with Crippen LogP contribution in [0, 0.1) is 41.5 Å². The molecule has 0 atom stereocenters. The van der Waals surface area contributed by atoms with E-state index in [1.54, 1.807) is 6.92 Å². The molecule has 30 heavy (non-hydrogen) atoms. The van der Waals surface area contributed by atoms with Crippen molar-refractivity contribution in [1.29, 1.82) is 0 Å². The molecular weight excluding hydrogens is 378 g/mol. The number of rotatable bonds is 5. The predicted molar refractivity (Wildman–Crippen MR) is 118 cm³/mol. The number of amides is 2. The van der Waals surface area contributed by atoms with Gasteiger partial charge in [-0.25, -0.2) is 4.68 Å². The summed E-state index contributed by atoms with van der Waals surface area (Å²) in [7, 11) is 0. The van der Waals surface area contributed by atoms with Crippen LogP contribution in [0.1, 0.15) is 44.0 Å². The summed E-state index contributed by atoms with van der Waals surface area (Å²) in [5.74, 6) is -0.573. The molecule has 2 N–H and O–H groups in total. The van der Waals surface area contributed by atoms with Crippen LogP contribution >= 0.6 is 0 Å². The number of nitrogens with zero attached hydrogens (tertiary/aromatic N) is 3. The number of anilines is 2. The molecule has 0 radical (unpaired) electrons. The molecule has 2 amide bonds. The normalized spacial score (nSPS) is 10.7. The summed E-state index contributed by atoms with van der Waals surface area (Å²) in [6, 6.07) is 9.87. The Labute approximate surface area is 176 Å². The first-order valence-corrected chi connectivity index (χ1v) is 9.82. The number of carbonyl (C=O) groups excluding carboxylic acids is 2. The summed E-state index contributed by atoms with van der Waals surface area (Å²) in [5.41, 5.74) is 7.49. The molecule has 0 saturated heterocycles. The first kappa shape index (κ1) is 21.2. The maximum absolute atomic E-state index is 12.8. The van der Waals surface area contributed by atoms with Gasteiger partial charge in [0.15, 0.2) is 5.69 Å². The van der Waals surface area contributed by atoms with Gasteiger partial charge in [-0.2, -0.15) is 0 Å². The van der Waals surface area contributed by atoms with Crippen LogP contribution in [0.15, 0.2) is 30.3 Å². The Hall–Kier alpha value is -3.48. The zero-order valence-corrected chi connectivity index (χ0v) is 18.3. The Morgan fingerprint density at radius 3 is 2.13 bits per heavy atom. The molecule has 7 nitrogen and oxygen atoms in total. The number of benzene rings is 2. The van der Waals surface area contributed by atoms with E-state index in [2.05, 4.69) is 20.9 Å². The van der Waals surface area contributed by atoms with Crippen molar-refractivity contribution in [2.45, 2.75) is 48.1 Å². The largest absolute Gasteiger partial charge is 0.324 e. The Morgan fingerprint density at radius 1 is 0.867 bits per heavy atom. The standard InChI is InChI=1S/C23H27N5O2/c1-13-7-8-19(15(3)9-13)24-20(29)12-28-18(6)22(26-27-28)23(30)25-21-16(4)10-14(2)11-17(21)5/h7-11H,12H2,1-6H3,(H,24,29)(H,25,30). The molecule has 2 aromatic carbocycles. The smallest absolute Gasteiger partial charge is 0.278 e. The molecule has 7 heteroatoms. The molecule has 0 aliphatic heterocycles. The lowest BCUT2D eigenvalue weighted by Gasteiger charge is -2.12. The van der Waals surface area contributed by atoms with Crippen molar-refractivity contribution in [2.24, 2.45) is 0 Å². The minimum atomic E-state index is -0.344. The lowest BCUT2D eigenvalue weighted by atomic mass is 10.0. The Kier molecular flexibility index (Phi) is 6.01. The predicted octanol–water partition coefficient (Wildman–Crippen LogP) is 4.02. The van der Waals surface area contributed by atoms with Crippen LogP contribution in [0.2, 0.25) is 0 Å². The lowest BCUT2D eigenvalue weighted by Crippen LogP contribution is -2.21. The molecule has 0 aliphatic rings. The van der Waals surface area contributed by atoms with E-state index in [4.69, 9.17) is 0 Å². The molecule has 0 aliphatic carbocycles. The molecule has 0 spiro atoms. The summed E-state index contributed by atoms with van der Waals surface area (Å²) >= 11 is 0. The van der Waals surface area contributed by atoms with Gasteiger partial charge in [-0.1, -0.05) is 40.6 Å². The maximum Gasteiger partial charge on any atom is 0.278 e. The second kappa shape index (κ2) is 8.49. The maximum atomic E-state index is 12.8. The number of aromatic nitrogens is 3. The summed E-state index contributed by atoms with van der Waals surface area (Å²) in [6.07, 6.45) is 0. The number of carbonyl (C=O) groups is 2. The van der Waals surface area contributed by atoms with Gasteiger partial charge in [0.05, 0.1) is 5.69 Å². The minimum absolute atomic E-state index is 0.0258. The summed E-state index contributed by atoms with van der Waals surface area (Å²) in [5, 5.41) is 13.8. The highest BCUT2D eigenvalue weighted by molar-refractivity contribution is 6.04. The minimum Gasteiger partial charge on any atom is -0.324 e. The highest BCUT2D eigenvalue weighted by atomic mass is 16.2. The van der Waals surface area contributed by atoms with Crippen LogP contribution in [0.3, 0.4) is 0 Å². The van der Waals surface area contributed by atoms with Crippen LogP contribution in [0.5, 0.6) is 0 Å². The first-order chi connectivity index (χ1) is 14.2. The lowest BCUT2D eigenvalue weighted by molar-refractivity contribution is -0.117. The van der Waals surface area contributed by atoms with E-state index in [9.17, 15) is 9.59 Å². The van der Waals surface area contributed by atoms with Crippen LogP contribution in [-0.2, 0) is 11.3 Å². The molecule has 1 aromatic heterocycles. The molecule has 3 aromatic rings. The second-order valence-electron chi connectivity index (χ2n) is 7.78. The highest BCUT2D eigenvalue weighted by Gasteiger charge is 2.19. The van der Waals surface area contributed by atoms with Crippen molar-refractivity contribution in [2.75, 3.05) is 10.6 Å². The van der Waals surface area contributed by atoms with Crippen molar-refractivity contribution >= 4 is 23.2 Å². The van der Waals surface area contributed by atoms with Crippen molar-refractivity contribution < 1.29 is 9.59 Å². The van der Waals surface area contributed by atoms with Gasteiger partial charge in [-0.05, 0) is 64.3 Å². The van der Waals surface area contributed by atoms with E-state index in [1.165, 1.54) is 4.68 Å². The van der Waals surface area contributed by atoms with Crippen molar-refractivity contribution in [3.63, 3.8) is 0 Å². The number of hydrogen-bond donors (Lipinski definition) is 2. The van der Waals surface area contributed by atoms with Gasteiger partial charge in [0.25, 0.3) is 5.91 Å². The van der Waals surface area contributed by atoms with Gasteiger partial charge < -0.3 is 10.6 Å². The fourth-order valence-corrected chi connectivity index (χ4v) is 3.55. The number of nitrogens with one attached hydrogen (secondary N) is 2. The third kappa shape index (κ3) is 4.56. The van der Waals surface area contributed by atoms with Gasteiger partial charge in [0.2, 0.25) is 5.91 Å². The van der Waals surface area contributed by atoms with Crippen LogP contribution in [-0.4, -0.2) is 26.8 Å². The summed E-state index contributed by atoms with van der Waals surface area (Å²) < 4.78 is 1.43. The molecule has 3 rings (SSSR count). The molecule has 0 bridgehead atoms. The van der Waals surface area contributed by atoms with Crippen LogP contribution in [0.25, 0.3) is 0 Å².